The summed E-state index contributed by atoms with van der Waals surface area (Å²) in [6, 6.07) is 0. The molecule has 0 aromatic heterocycles. The van der Waals surface area contributed by atoms with Crippen molar-refractivity contribution in [1.82, 2.24) is 4.90 Å². The van der Waals surface area contributed by atoms with Crippen LogP contribution in [0, 0.1) is 17.8 Å². The summed E-state index contributed by atoms with van der Waals surface area (Å²) in [6.45, 7) is -0.607. The maximum Gasteiger partial charge on any atom is 0.292 e. The molecule has 0 aromatic carbocycles. The standard InChI is InChI=1S/C16H21F2NO2/c17-16(18)9-19(15(14(16)21)5-1-2-6-15)13(20)12-8-10-3-4-11(12)7-10/h3-4,10-12,14,21H,1-2,5-9H2. The molecule has 5 heteroatoms. The smallest absolute Gasteiger partial charge is 0.292 e. The summed E-state index contributed by atoms with van der Waals surface area (Å²) in [6.07, 6.45) is 6.92. The SMILES string of the molecule is O=C(C1CC2C=CC1C2)N1CC(F)(F)C(O)C12CCCC2. The van der Waals surface area contributed by atoms with Crippen molar-refractivity contribution in [3.63, 3.8) is 0 Å². The summed E-state index contributed by atoms with van der Waals surface area (Å²) in [7, 11) is 0. The van der Waals surface area contributed by atoms with Gasteiger partial charge in [0.1, 0.15) is 6.10 Å². The molecule has 0 aromatic rings. The van der Waals surface area contributed by atoms with Crippen molar-refractivity contribution in [2.45, 2.75) is 56.1 Å². The average Bonchev–Trinajstić information content (AvgIpc) is 3.20. The molecular formula is C16H21F2NO2. The topological polar surface area (TPSA) is 40.5 Å². The molecule has 2 bridgehead atoms. The van der Waals surface area contributed by atoms with Gasteiger partial charge in [-0.05, 0) is 37.5 Å². The first-order chi connectivity index (χ1) is 9.94. The molecule has 21 heavy (non-hydrogen) atoms. The number of likely N-dealkylation sites (tertiary alicyclic amines) is 1. The highest BCUT2D eigenvalue weighted by molar-refractivity contribution is 5.81. The van der Waals surface area contributed by atoms with Crippen LogP contribution in [-0.2, 0) is 4.79 Å². The van der Waals surface area contributed by atoms with Gasteiger partial charge in [-0.3, -0.25) is 4.79 Å². The highest BCUT2D eigenvalue weighted by Crippen LogP contribution is 2.52. The van der Waals surface area contributed by atoms with Gasteiger partial charge in [-0.2, -0.15) is 0 Å². The highest BCUT2D eigenvalue weighted by Gasteiger charge is 2.65. The average molecular weight is 297 g/mol. The van der Waals surface area contributed by atoms with E-state index in [-0.39, 0.29) is 17.7 Å². The van der Waals surface area contributed by atoms with Crippen LogP contribution in [0.4, 0.5) is 8.78 Å². The Labute approximate surface area is 123 Å². The molecule has 1 amide bonds. The van der Waals surface area contributed by atoms with Gasteiger partial charge in [-0.15, -0.1) is 0 Å². The minimum atomic E-state index is -3.17. The van der Waals surface area contributed by atoms with E-state index in [0.29, 0.717) is 18.8 Å². The number of hydrogen-bond donors (Lipinski definition) is 1. The molecule has 4 unspecified atom stereocenters. The molecule has 1 N–H and O–H groups in total. The lowest BCUT2D eigenvalue weighted by atomic mass is 9.87. The van der Waals surface area contributed by atoms with Crippen LogP contribution in [0.15, 0.2) is 12.2 Å². The molecule has 116 valence electrons. The van der Waals surface area contributed by atoms with Crippen molar-refractivity contribution in [2.24, 2.45) is 17.8 Å². The molecule has 1 heterocycles. The Hall–Kier alpha value is -0.970. The fourth-order valence-electron chi connectivity index (χ4n) is 5.09. The maximum absolute atomic E-state index is 14.1. The van der Waals surface area contributed by atoms with Crippen LogP contribution in [-0.4, -0.2) is 40.0 Å². The van der Waals surface area contributed by atoms with E-state index >= 15 is 0 Å². The number of fused-ring (bicyclic) bond motifs is 2. The molecule has 3 aliphatic carbocycles. The summed E-state index contributed by atoms with van der Waals surface area (Å²) in [5.41, 5.74) is -1.01. The van der Waals surface area contributed by atoms with E-state index in [2.05, 4.69) is 12.2 Å². The highest BCUT2D eigenvalue weighted by atomic mass is 19.3. The zero-order valence-corrected chi connectivity index (χ0v) is 12.0. The molecule has 1 spiro atoms. The zero-order valence-electron chi connectivity index (χ0n) is 12.0. The Kier molecular flexibility index (Phi) is 2.79. The predicted octanol–water partition coefficient (Wildman–Crippen LogP) is 2.35. The predicted molar refractivity (Wildman–Crippen MR) is 72.7 cm³/mol. The number of alkyl halides is 2. The number of carbonyl (C=O) groups excluding carboxylic acids is 1. The van der Waals surface area contributed by atoms with Crippen LogP contribution in [0.25, 0.3) is 0 Å². The molecule has 4 aliphatic rings. The van der Waals surface area contributed by atoms with Crippen molar-refractivity contribution in [1.29, 1.82) is 0 Å². The summed E-state index contributed by atoms with van der Waals surface area (Å²) >= 11 is 0. The number of carbonyl (C=O) groups is 1. The fraction of sp³-hybridized carbons (Fsp3) is 0.812. The van der Waals surface area contributed by atoms with E-state index in [1.165, 1.54) is 4.90 Å². The van der Waals surface area contributed by atoms with Gasteiger partial charge in [0, 0.05) is 5.92 Å². The lowest BCUT2D eigenvalue weighted by Crippen LogP contribution is -2.53. The van der Waals surface area contributed by atoms with Crippen LogP contribution in [0.5, 0.6) is 0 Å². The van der Waals surface area contributed by atoms with E-state index in [0.717, 1.165) is 25.7 Å². The number of nitrogens with zero attached hydrogens (tertiary/aromatic N) is 1. The Morgan fingerprint density at radius 2 is 1.90 bits per heavy atom. The van der Waals surface area contributed by atoms with E-state index in [9.17, 15) is 18.7 Å². The van der Waals surface area contributed by atoms with Crippen LogP contribution in [0.2, 0.25) is 0 Å². The third-order valence-electron chi connectivity index (χ3n) is 6.15. The molecule has 4 atom stereocenters. The number of allylic oxidation sites excluding steroid dienone is 2. The van der Waals surface area contributed by atoms with Crippen LogP contribution in [0.3, 0.4) is 0 Å². The number of amides is 1. The molecule has 4 rings (SSSR count). The fourth-order valence-corrected chi connectivity index (χ4v) is 5.09. The monoisotopic (exact) mass is 297 g/mol. The quantitative estimate of drug-likeness (QED) is 0.755. The number of aliphatic hydroxyl groups is 1. The summed E-state index contributed by atoms with van der Waals surface area (Å²) < 4.78 is 28.1. The van der Waals surface area contributed by atoms with Crippen LogP contribution in [0.1, 0.15) is 38.5 Å². The Morgan fingerprint density at radius 3 is 2.48 bits per heavy atom. The Balaban J connectivity index is 1.64. The molecule has 2 saturated carbocycles. The van der Waals surface area contributed by atoms with Crippen molar-refractivity contribution in [3.05, 3.63) is 12.2 Å². The Bertz CT molecular complexity index is 499. The third-order valence-corrected chi connectivity index (χ3v) is 6.15. The van der Waals surface area contributed by atoms with Gasteiger partial charge < -0.3 is 10.0 Å². The second-order valence-electron chi connectivity index (χ2n) is 7.29. The summed E-state index contributed by atoms with van der Waals surface area (Å²) in [5, 5.41) is 10.1. The molecule has 1 aliphatic heterocycles. The van der Waals surface area contributed by atoms with E-state index < -0.39 is 24.1 Å². The van der Waals surface area contributed by atoms with Crippen molar-refractivity contribution in [2.75, 3.05) is 6.54 Å². The number of aliphatic hydroxyl groups excluding tert-OH is 1. The third kappa shape index (κ3) is 1.76. The van der Waals surface area contributed by atoms with E-state index in [1.807, 2.05) is 0 Å². The van der Waals surface area contributed by atoms with Crippen molar-refractivity contribution in [3.8, 4) is 0 Å². The number of rotatable bonds is 1. The first-order valence-electron chi connectivity index (χ1n) is 8.00. The lowest BCUT2D eigenvalue weighted by Gasteiger charge is -2.38. The van der Waals surface area contributed by atoms with Gasteiger partial charge in [-0.25, -0.2) is 8.78 Å². The van der Waals surface area contributed by atoms with Gasteiger partial charge in [0.25, 0.3) is 5.92 Å². The minimum absolute atomic E-state index is 0.148. The molecule has 0 radical (unpaired) electrons. The zero-order chi connectivity index (χ0) is 14.8. The first kappa shape index (κ1) is 13.7. The Morgan fingerprint density at radius 1 is 1.19 bits per heavy atom. The molecule has 1 saturated heterocycles. The van der Waals surface area contributed by atoms with E-state index in [4.69, 9.17) is 0 Å². The van der Waals surface area contributed by atoms with Gasteiger partial charge in [-0.1, -0.05) is 25.0 Å². The second-order valence-corrected chi connectivity index (χ2v) is 7.29. The van der Waals surface area contributed by atoms with E-state index in [1.54, 1.807) is 0 Å². The van der Waals surface area contributed by atoms with Crippen molar-refractivity contribution >= 4 is 5.91 Å². The maximum atomic E-state index is 14.1. The van der Waals surface area contributed by atoms with Gasteiger partial charge >= 0.3 is 0 Å². The number of halogens is 2. The molecule has 3 nitrogen and oxygen atoms in total. The minimum Gasteiger partial charge on any atom is -0.384 e. The largest absolute Gasteiger partial charge is 0.384 e. The lowest BCUT2D eigenvalue weighted by molar-refractivity contribution is -0.142. The van der Waals surface area contributed by atoms with Gasteiger partial charge in [0.2, 0.25) is 5.91 Å². The normalized spacial score (nSPS) is 42.3. The second kappa shape index (κ2) is 4.28. The summed E-state index contributed by atoms with van der Waals surface area (Å²) in [4.78, 5) is 14.2. The summed E-state index contributed by atoms with van der Waals surface area (Å²) in [5.74, 6) is -2.82. The van der Waals surface area contributed by atoms with Crippen LogP contribution < -0.4 is 0 Å². The van der Waals surface area contributed by atoms with Gasteiger partial charge in [0.05, 0.1) is 12.1 Å². The number of hydrogen-bond acceptors (Lipinski definition) is 2. The first-order valence-corrected chi connectivity index (χ1v) is 8.00. The van der Waals surface area contributed by atoms with Gasteiger partial charge in [0.15, 0.2) is 0 Å². The molecule has 3 fully saturated rings. The molecular weight excluding hydrogens is 276 g/mol. The van der Waals surface area contributed by atoms with Crippen molar-refractivity contribution < 1.29 is 18.7 Å². The van der Waals surface area contributed by atoms with Crippen LogP contribution >= 0.6 is 0 Å².